The van der Waals surface area contributed by atoms with Crippen molar-refractivity contribution in [1.82, 2.24) is 0 Å². The molecule has 2 heteroatoms. The van der Waals surface area contributed by atoms with Gasteiger partial charge in [0, 0.05) is 0 Å². The Morgan fingerprint density at radius 2 is 1.76 bits per heavy atom. The number of allylic oxidation sites excluding steroid dienone is 1. The van der Waals surface area contributed by atoms with E-state index in [1.807, 2.05) is 24.3 Å². The third-order valence-corrected chi connectivity index (χ3v) is 4.37. The van der Waals surface area contributed by atoms with Gasteiger partial charge in [0.1, 0.15) is 0 Å². The van der Waals surface area contributed by atoms with E-state index in [2.05, 4.69) is 38.1 Å². The summed E-state index contributed by atoms with van der Waals surface area (Å²) < 4.78 is 0. The van der Waals surface area contributed by atoms with Crippen LogP contribution in [0.2, 0.25) is 0 Å². The van der Waals surface area contributed by atoms with Crippen molar-refractivity contribution in [2.24, 2.45) is 0 Å². The average molecular weight is 336 g/mol. The number of carboxylic acid groups (broad SMARTS) is 1. The Morgan fingerprint density at radius 3 is 2.40 bits per heavy atom. The minimum absolute atomic E-state index is 0.353. The van der Waals surface area contributed by atoms with Gasteiger partial charge in [-0.3, -0.25) is 0 Å². The average Bonchev–Trinajstić information content (AvgIpc) is 2.62. The maximum atomic E-state index is 11.6. The highest BCUT2D eigenvalue weighted by Gasteiger charge is 2.12. The first-order valence-electron chi connectivity index (χ1n) is 9.29. The SMILES string of the molecule is CCCC=Cc1ccc(C(=O)O)c(-c2ccc(CCCCC)cc2)c1. The van der Waals surface area contributed by atoms with Gasteiger partial charge in [0.05, 0.1) is 5.56 Å². The first-order chi connectivity index (χ1) is 12.2. The molecule has 2 nitrogen and oxygen atoms in total. The molecule has 2 rings (SSSR count). The molecule has 0 atom stereocenters. The van der Waals surface area contributed by atoms with Gasteiger partial charge in [-0.15, -0.1) is 0 Å². The fourth-order valence-corrected chi connectivity index (χ4v) is 2.91. The van der Waals surface area contributed by atoms with Crippen LogP contribution in [0.1, 0.15) is 67.4 Å². The summed E-state index contributed by atoms with van der Waals surface area (Å²) in [5.74, 6) is -0.883. The highest BCUT2D eigenvalue weighted by Crippen LogP contribution is 2.27. The Balaban J connectivity index is 2.28. The van der Waals surface area contributed by atoms with Crippen LogP contribution in [-0.4, -0.2) is 11.1 Å². The van der Waals surface area contributed by atoms with Crippen molar-refractivity contribution in [3.63, 3.8) is 0 Å². The van der Waals surface area contributed by atoms with Crippen molar-refractivity contribution in [2.75, 3.05) is 0 Å². The summed E-state index contributed by atoms with van der Waals surface area (Å²) in [4.78, 5) is 11.6. The summed E-state index contributed by atoms with van der Waals surface area (Å²) in [6.07, 6.45) is 11.1. The highest BCUT2D eigenvalue weighted by atomic mass is 16.4. The van der Waals surface area contributed by atoms with E-state index < -0.39 is 5.97 Å². The molecule has 0 spiro atoms. The molecule has 2 aromatic rings. The van der Waals surface area contributed by atoms with Gasteiger partial charge in [0.25, 0.3) is 0 Å². The van der Waals surface area contributed by atoms with Crippen molar-refractivity contribution >= 4 is 12.0 Å². The van der Waals surface area contributed by atoms with Crippen LogP contribution >= 0.6 is 0 Å². The number of unbranched alkanes of at least 4 members (excludes halogenated alkanes) is 3. The second kappa shape index (κ2) is 9.83. The van der Waals surface area contributed by atoms with Gasteiger partial charge in [0.2, 0.25) is 0 Å². The quantitative estimate of drug-likeness (QED) is 0.524. The van der Waals surface area contributed by atoms with Gasteiger partial charge in [-0.05, 0) is 53.6 Å². The van der Waals surface area contributed by atoms with Gasteiger partial charge in [-0.25, -0.2) is 4.79 Å². The summed E-state index contributed by atoms with van der Waals surface area (Å²) in [5, 5.41) is 9.51. The molecule has 2 aromatic carbocycles. The first-order valence-corrected chi connectivity index (χ1v) is 9.29. The molecule has 0 radical (unpaired) electrons. The number of aryl methyl sites for hydroxylation is 1. The molecule has 0 amide bonds. The summed E-state index contributed by atoms with van der Waals surface area (Å²) in [6, 6.07) is 13.9. The molecule has 0 bridgehead atoms. The third-order valence-electron chi connectivity index (χ3n) is 4.37. The largest absolute Gasteiger partial charge is 0.478 e. The Bertz CT molecular complexity index is 711. The maximum Gasteiger partial charge on any atom is 0.336 e. The molecular weight excluding hydrogens is 308 g/mol. The summed E-state index contributed by atoms with van der Waals surface area (Å²) in [5.41, 5.74) is 4.45. The summed E-state index contributed by atoms with van der Waals surface area (Å²) >= 11 is 0. The van der Waals surface area contributed by atoms with Crippen LogP contribution < -0.4 is 0 Å². The van der Waals surface area contributed by atoms with Gasteiger partial charge in [0.15, 0.2) is 0 Å². The standard InChI is InChI=1S/C23H28O2/c1-3-5-7-9-18-11-14-20(15-12-18)22-17-19(10-8-6-4-2)13-16-21(22)23(24)25/h8,10-17H,3-7,9H2,1-2H3,(H,24,25). The lowest BCUT2D eigenvalue weighted by Crippen LogP contribution is -2.00. The number of hydrogen-bond acceptors (Lipinski definition) is 1. The van der Waals surface area contributed by atoms with Crippen LogP contribution in [0.25, 0.3) is 17.2 Å². The topological polar surface area (TPSA) is 37.3 Å². The fraction of sp³-hybridized carbons (Fsp3) is 0.348. The third kappa shape index (κ3) is 5.60. The van der Waals surface area contributed by atoms with Crippen molar-refractivity contribution < 1.29 is 9.90 Å². The zero-order chi connectivity index (χ0) is 18.1. The van der Waals surface area contributed by atoms with E-state index in [0.717, 1.165) is 36.0 Å². The Kier molecular flexibility index (Phi) is 7.46. The lowest BCUT2D eigenvalue weighted by molar-refractivity contribution is 0.0697. The van der Waals surface area contributed by atoms with Crippen LogP contribution in [-0.2, 0) is 6.42 Å². The van der Waals surface area contributed by atoms with E-state index in [-0.39, 0.29) is 0 Å². The fourth-order valence-electron chi connectivity index (χ4n) is 2.91. The molecule has 0 unspecified atom stereocenters. The Hall–Kier alpha value is -2.35. The molecule has 0 aromatic heterocycles. The van der Waals surface area contributed by atoms with Crippen molar-refractivity contribution in [3.05, 3.63) is 65.2 Å². The molecular formula is C23H28O2. The van der Waals surface area contributed by atoms with E-state index in [4.69, 9.17) is 0 Å². The lowest BCUT2D eigenvalue weighted by Gasteiger charge is -2.09. The molecule has 0 saturated carbocycles. The van der Waals surface area contributed by atoms with E-state index in [1.165, 1.54) is 24.8 Å². The predicted molar refractivity (Wildman–Crippen MR) is 106 cm³/mol. The molecule has 132 valence electrons. The van der Waals surface area contributed by atoms with Crippen LogP contribution in [0, 0.1) is 0 Å². The van der Waals surface area contributed by atoms with Gasteiger partial charge < -0.3 is 5.11 Å². The number of hydrogen-bond donors (Lipinski definition) is 1. The minimum atomic E-state index is -0.883. The van der Waals surface area contributed by atoms with Crippen molar-refractivity contribution in [2.45, 2.75) is 52.4 Å². The zero-order valence-electron chi connectivity index (χ0n) is 15.3. The van der Waals surface area contributed by atoms with Gasteiger partial charge >= 0.3 is 5.97 Å². The van der Waals surface area contributed by atoms with Crippen LogP contribution in [0.15, 0.2) is 48.5 Å². The first kappa shape index (κ1) is 19.0. The Labute approximate surface area is 151 Å². The highest BCUT2D eigenvalue weighted by molar-refractivity contribution is 5.96. The molecule has 0 fully saturated rings. The number of rotatable bonds is 9. The molecule has 0 aliphatic carbocycles. The number of aromatic carboxylic acids is 1. The zero-order valence-corrected chi connectivity index (χ0v) is 15.3. The van der Waals surface area contributed by atoms with E-state index in [0.29, 0.717) is 5.56 Å². The molecule has 0 aliphatic rings. The Morgan fingerprint density at radius 1 is 1.00 bits per heavy atom. The van der Waals surface area contributed by atoms with E-state index in [9.17, 15) is 9.90 Å². The lowest BCUT2D eigenvalue weighted by atomic mass is 9.95. The second-order valence-electron chi connectivity index (χ2n) is 6.46. The van der Waals surface area contributed by atoms with Crippen LogP contribution in [0.5, 0.6) is 0 Å². The van der Waals surface area contributed by atoms with Crippen LogP contribution in [0.4, 0.5) is 0 Å². The minimum Gasteiger partial charge on any atom is -0.478 e. The van der Waals surface area contributed by atoms with Crippen molar-refractivity contribution in [3.8, 4) is 11.1 Å². The predicted octanol–water partition coefficient (Wildman–Crippen LogP) is 6.60. The van der Waals surface area contributed by atoms with E-state index >= 15 is 0 Å². The van der Waals surface area contributed by atoms with Gasteiger partial charge in [-0.1, -0.05) is 75.6 Å². The van der Waals surface area contributed by atoms with Crippen LogP contribution in [0.3, 0.4) is 0 Å². The molecule has 0 saturated heterocycles. The molecule has 0 heterocycles. The van der Waals surface area contributed by atoms with Crippen molar-refractivity contribution in [1.29, 1.82) is 0 Å². The van der Waals surface area contributed by atoms with Gasteiger partial charge in [-0.2, -0.15) is 0 Å². The number of carbonyl (C=O) groups is 1. The molecule has 1 N–H and O–H groups in total. The second-order valence-corrected chi connectivity index (χ2v) is 6.46. The number of carboxylic acids is 1. The normalized spacial score (nSPS) is 11.1. The maximum absolute atomic E-state index is 11.6. The molecule has 0 aliphatic heterocycles. The smallest absolute Gasteiger partial charge is 0.336 e. The van der Waals surface area contributed by atoms with E-state index in [1.54, 1.807) is 6.07 Å². The number of benzene rings is 2. The molecule has 25 heavy (non-hydrogen) atoms. The summed E-state index contributed by atoms with van der Waals surface area (Å²) in [7, 11) is 0. The monoisotopic (exact) mass is 336 g/mol. The summed E-state index contributed by atoms with van der Waals surface area (Å²) in [6.45, 7) is 4.35.